The Balaban J connectivity index is 1.24. The predicted molar refractivity (Wildman–Crippen MR) is 219 cm³/mol. The molecule has 4 heterocycles. The van der Waals surface area contributed by atoms with Crippen molar-refractivity contribution < 1.29 is 13.7 Å². The van der Waals surface area contributed by atoms with Crippen LogP contribution in [0.2, 0.25) is 0 Å². The highest BCUT2D eigenvalue weighted by Gasteiger charge is 2.55. The Bertz CT molecular complexity index is 3190. The normalized spacial score (nSPS) is 18.4. The minimum absolute atomic E-state index is 0.725. The summed E-state index contributed by atoms with van der Waals surface area (Å²) in [5.74, 6) is 1.54. The first-order valence-electron chi connectivity index (χ1n) is 18.3. The first-order valence-corrected chi connectivity index (χ1v) is 20.0. The number of aromatic nitrogens is 1. The van der Waals surface area contributed by atoms with E-state index in [1.807, 2.05) is 60.7 Å². The van der Waals surface area contributed by atoms with E-state index in [-0.39, 0.29) is 0 Å². The van der Waals surface area contributed by atoms with Crippen LogP contribution in [0.4, 0.5) is 0 Å². The van der Waals surface area contributed by atoms with Crippen LogP contribution in [0.15, 0.2) is 186 Å². The molecule has 2 aromatic heterocycles. The van der Waals surface area contributed by atoms with Crippen molar-refractivity contribution in [2.45, 2.75) is 5.41 Å². The number of nitrogens with zero attached hydrogens (tertiary/aromatic N) is 1. The largest absolute Gasteiger partial charge is 0.457 e. The fourth-order valence-electron chi connectivity index (χ4n) is 9.53. The molecule has 0 bridgehead atoms. The second-order valence-electron chi connectivity index (χ2n) is 14.3. The summed E-state index contributed by atoms with van der Waals surface area (Å²) in [5.41, 5.74) is 7.95. The summed E-state index contributed by atoms with van der Waals surface area (Å²) >= 11 is 0. The highest BCUT2D eigenvalue weighted by molar-refractivity contribution is 7.85. The number of rotatable bonds is 2. The van der Waals surface area contributed by atoms with E-state index >= 15 is 4.57 Å². The van der Waals surface area contributed by atoms with Gasteiger partial charge in [-0.05, 0) is 53.6 Å². The van der Waals surface area contributed by atoms with Gasteiger partial charge in [0.05, 0.1) is 16.4 Å². The number of hydrogen-bond acceptors (Lipinski definition) is 3. The van der Waals surface area contributed by atoms with Gasteiger partial charge in [-0.15, -0.1) is 0 Å². The molecule has 0 radical (unpaired) electrons. The average Bonchev–Trinajstić information content (AvgIpc) is 3.77. The topological polar surface area (TPSA) is 44.4 Å². The monoisotopic (exact) mass is 711 g/mol. The van der Waals surface area contributed by atoms with Crippen LogP contribution in [0.3, 0.4) is 0 Å². The van der Waals surface area contributed by atoms with E-state index in [9.17, 15) is 0 Å². The van der Waals surface area contributed by atoms with E-state index in [1.165, 1.54) is 10.8 Å². The molecule has 2 aliphatic rings. The highest BCUT2D eigenvalue weighted by Crippen LogP contribution is 2.62. The quantitative estimate of drug-likeness (QED) is 0.168. The van der Waals surface area contributed by atoms with Crippen molar-refractivity contribution in [1.82, 2.24) is 4.57 Å². The van der Waals surface area contributed by atoms with E-state index < -0.39 is 12.6 Å². The third kappa shape index (κ3) is 3.70. The van der Waals surface area contributed by atoms with Gasteiger partial charge in [-0.1, -0.05) is 133 Å². The van der Waals surface area contributed by atoms with Crippen LogP contribution >= 0.6 is 7.14 Å². The molecule has 0 amide bonds. The summed E-state index contributed by atoms with van der Waals surface area (Å²) in [6, 6.07) is 62.9. The molecule has 10 aromatic rings. The molecule has 2 atom stereocenters. The van der Waals surface area contributed by atoms with Gasteiger partial charge in [0.2, 0.25) is 0 Å². The summed E-state index contributed by atoms with van der Waals surface area (Å²) in [7, 11) is -3.42. The molecule has 1 spiro atoms. The maximum Gasteiger partial charge on any atom is 0.171 e. The SMILES string of the molecule is O=P1(c2ccccc2)c2ccccc2C2(c3ccccc3Oc3cc(-n4c5ccccc5c5ccccc54)ccc32)c2cc3c(cc21)oc1ccccc13. The minimum atomic E-state index is -3.42. The van der Waals surface area contributed by atoms with E-state index in [1.54, 1.807) is 0 Å². The van der Waals surface area contributed by atoms with Crippen LogP contribution in [-0.2, 0) is 9.98 Å². The van der Waals surface area contributed by atoms with Gasteiger partial charge in [0.25, 0.3) is 0 Å². The highest BCUT2D eigenvalue weighted by atomic mass is 31.2. The molecule has 8 aromatic carbocycles. The smallest absolute Gasteiger partial charge is 0.171 e. The molecule has 5 heteroatoms. The summed E-state index contributed by atoms with van der Waals surface area (Å²) in [6.45, 7) is 0. The standard InChI is InChI=1S/C49H30NO3P/c51-54(32-14-2-1-3-15-32)47-25-13-8-20-39(47)49(40-29-36-35-18-6-11-23-43(35)52-45(36)30-48(40)54)37-19-7-12-24-44(37)53-46-28-31(26-27-38(46)49)50-41-21-9-4-16-33(41)34-17-5-10-22-42(34)50/h1-30H. The number of benzene rings is 8. The van der Waals surface area contributed by atoms with Crippen LogP contribution in [0, 0.1) is 0 Å². The number of furan rings is 1. The van der Waals surface area contributed by atoms with Crippen molar-refractivity contribution in [3.8, 4) is 17.2 Å². The van der Waals surface area contributed by atoms with Crippen LogP contribution in [0.25, 0.3) is 49.4 Å². The molecule has 0 fully saturated rings. The van der Waals surface area contributed by atoms with Crippen LogP contribution in [0.5, 0.6) is 11.5 Å². The molecule has 0 saturated carbocycles. The van der Waals surface area contributed by atoms with Gasteiger partial charge in [-0.3, -0.25) is 0 Å². The second-order valence-corrected chi connectivity index (χ2v) is 17.0. The van der Waals surface area contributed by atoms with Crippen molar-refractivity contribution in [3.05, 3.63) is 204 Å². The maximum atomic E-state index is 16.4. The summed E-state index contributed by atoms with van der Waals surface area (Å²) < 4.78 is 32.2. The molecule has 4 nitrogen and oxygen atoms in total. The zero-order valence-corrected chi connectivity index (χ0v) is 29.8. The summed E-state index contributed by atoms with van der Waals surface area (Å²) in [6.07, 6.45) is 0. The van der Waals surface area contributed by atoms with Crippen LogP contribution < -0.4 is 20.7 Å². The van der Waals surface area contributed by atoms with Crippen molar-refractivity contribution in [2.24, 2.45) is 0 Å². The van der Waals surface area contributed by atoms with Crippen molar-refractivity contribution in [1.29, 1.82) is 0 Å². The molecule has 54 heavy (non-hydrogen) atoms. The number of fused-ring (bicyclic) bond motifs is 14. The Morgan fingerprint density at radius 3 is 1.87 bits per heavy atom. The molecule has 12 rings (SSSR count). The predicted octanol–water partition coefficient (Wildman–Crippen LogP) is 11.1. The lowest BCUT2D eigenvalue weighted by Crippen LogP contribution is -2.48. The molecular formula is C49H30NO3P. The van der Waals surface area contributed by atoms with Crippen molar-refractivity contribution >= 4 is 66.8 Å². The van der Waals surface area contributed by atoms with Gasteiger partial charge in [0, 0.05) is 60.3 Å². The minimum Gasteiger partial charge on any atom is -0.457 e. The molecule has 2 unspecified atom stereocenters. The van der Waals surface area contributed by atoms with Crippen LogP contribution in [-0.4, -0.2) is 4.57 Å². The fraction of sp³-hybridized carbons (Fsp3) is 0.0204. The number of hydrogen-bond donors (Lipinski definition) is 0. The Hall–Kier alpha value is -6.61. The van der Waals surface area contributed by atoms with Gasteiger partial charge in [0.15, 0.2) is 7.14 Å². The molecule has 0 saturated heterocycles. The lowest BCUT2D eigenvalue weighted by atomic mass is 9.63. The van der Waals surface area contributed by atoms with E-state index in [4.69, 9.17) is 9.15 Å². The summed E-state index contributed by atoms with van der Waals surface area (Å²) in [5, 5.41) is 6.84. The summed E-state index contributed by atoms with van der Waals surface area (Å²) in [4.78, 5) is 0. The molecule has 0 N–H and O–H groups in total. The zero-order valence-electron chi connectivity index (χ0n) is 28.9. The molecule has 254 valence electrons. The third-order valence-electron chi connectivity index (χ3n) is 11.7. The molecular weight excluding hydrogens is 682 g/mol. The fourth-order valence-corrected chi connectivity index (χ4v) is 12.7. The van der Waals surface area contributed by atoms with E-state index in [2.05, 4.69) is 126 Å². The van der Waals surface area contributed by atoms with Gasteiger partial charge in [0.1, 0.15) is 22.7 Å². The van der Waals surface area contributed by atoms with Crippen molar-refractivity contribution in [2.75, 3.05) is 0 Å². The van der Waals surface area contributed by atoms with Gasteiger partial charge >= 0.3 is 0 Å². The maximum absolute atomic E-state index is 16.4. The van der Waals surface area contributed by atoms with Gasteiger partial charge in [-0.2, -0.15) is 0 Å². The first-order chi connectivity index (χ1) is 26.7. The Morgan fingerprint density at radius 2 is 1.07 bits per heavy atom. The Morgan fingerprint density at radius 1 is 0.444 bits per heavy atom. The zero-order chi connectivity index (χ0) is 35.6. The van der Waals surface area contributed by atoms with E-state index in [0.717, 1.165) is 88.3 Å². The van der Waals surface area contributed by atoms with Crippen molar-refractivity contribution in [3.63, 3.8) is 0 Å². The first kappa shape index (κ1) is 29.9. The second kappa shape index (κ2) is 10.7. The Kier molecular flexibility index (Phi) is 5.94. The Labute approximate surface area is 310 Å². The van der Waals surface area contributed by atoms with Gasteiger partial charge in [-0.25, -0.2) is 0 Å². The average molecular weight is 712 g/mol. The number of para-hydroxylation sites is 4. The lowest BCUT2D eigenvalue weighted by Gasteiger charge is -2.47. The molecule has 0 aliphatic carbocycles. The third-order valence-corrected chi connectivity index (χ3v) is 14.9. The number of ether oxygens (including phenoxy) is 1. The van der Waals surface area contributed by atoms with E-state index in [0.29, 0.717) is 0 Å². The molecule has 2 aliphatic heterocycles. The lowest BCUT2D eigenvalue weighted by molar-refractivity contribution is 0.435. The van der Waals surface area contributed by atoms with Gasteiger partial charge < -0.3 is 18.3 Å². The van der Waals surface area contributed by atoms with Crippen LogP contribution in [0.1, 0.15) is 22.3 Å².